The highest BCUT2D eigenvalue weighted by Crippen LogP contribution is 1.96. The van der Waals surface area contributed by atoms with E-state index in [0.717, 1.165) is 6.07 Å². The van der Waals surface area contributed by atoms with E-state index in [9.17, 15) is 9.18 Å². The molecule has 0 saturated heterocycles. The largest absolute Gasteiger partial charge is 0.449 e. The topological polar surface area (TPSA) is 37.3 Å². The molecule has 56 valence electrons. The van der Waals surface area contributed by atoms with Crippen LogP contribution in [0, 0.1) is 5.82 Å². The van der Waals surface area contributed by atoms with Gasteiger partial charge in [-0.1, -0.05) is 0 Å². The molecule has 0 aromatic heterocycles. The standard InChI is InChI=1S/C7H6BFO2/c9-6-2-1-5(4-10)7(3-6)8-11/h1-4,8,11H. The lowest BCUT2D eigenvalue weighted by Gasteiger charge is -1.97. The fourth-order valence-electron chi connectivity index (χ4n) is 0.826. The summed E-state index contributed by atoms with van der Waals surface area (Å²) in [6.07, 6.45) is 0.588. The minimum atomic E-state index is -0.445. The lowest BCUT2D eigenvalue weighted by atomic mass is 9.85. The summed E-state index contributed by atoms with van der Waals surface area (Å²) in [4.78, 5) is 10.3. The summed E-state index contributed by atoms with van der Waals surface area (Å²) in [5, 5.41) is 8.65. The molecule has 2 nitrogen and oxygen atoms in total. The molecule has 1 aromatic rings. The summed E-state index contributed by atoms with van der Waals surface area (Å²) in [5.74, 6) is -0.445. The van der Waals surface area contributed by atoms with Crippen LogP contribution in [0.4, 0.5) is 4.39 Å². The predicted octanol–water partition coefficient (Wildman–Crippen LogP) is -0.393. The molecular formula is C7H6BFO2. The molecule has 0 bridgehead atoms. The van der Waals surface area contributed by atoms with E-state index in [4.69, 9.17) is 5.02 Å². The summed E-state index contributed by atoms with van der Waals surface area (Å²) in [6.45, 7) is 0. The highest BCUT2D eigenvalue weighted by molar-refractivity contribution is 6.47. The lowest BCUT2D eigenvalue weighted by Crippen LogP contribution is -2.19. The number of carbonyl (C=O) groups excluding carboxylic acids is 1. The van der Waals surface area contributed by atoms with E-state index in [1.54, 1.807) is 0 Å². The van der Waals surface area contributed by atoms with E-state index in [2.05, 4.69) is 0 Å². The van der Waals surface area contributed by atoms with Crippen LogP contribution >= 0.6 is 0 Å². The van der Waals surface area contributed by atoms with Crippen molar-refractivity contribution in [2.75, 3.05) is 0 Å². The predicted molar refractivity (Wildman–Crippen MR) is 40.8 cm³/mol. The second-order valence-corrected chi connectivity index (χ2v) is 2.12. The van der Waals surface area contributed by atoms with Crippen molar-refractivity contribution in [3.8, 4) is 0 Å². The van der Waals surface area contributed by atoms with Gasteiger partial charge in [-0.05, 0) is 23.7 Å². The Hall–Kier alpha value is -1.16. The van der Waals surface area contributed by atoms with Crippen LogP contribution in [-0.4, -0.2) is 18.8 Å². The smallest absolute Gasteiger partial charge is 0.305 e. The highest BCUT2D eigenvalue weighted by Gasteiger charge is 2.02. The molecule has 0 radical (unpaired) electrons. The molecule has 1 rings (SSSR count). The Bertz CT molecular complexity index is 275. The number of aldehydes is 1. The normalized spacial score (nSPS) is 9.27. The Kier molecular flexibility index (Phi) is 2.38. The van der Waals surface area contributed by atoms with Crippen LogP contribution in [-0.2, 0) is 0 Å². The molecule has 0 saturated carbocycles. The number of hydrogen-bond acceptors (Lipinski definition) is 2. The first-order valence-electron chi connectivity index (χ1n) is 3.12. The van der Waals surface area contributed by atoms with Gasteiger partial charge in [0.25, 0.3) is 0 Å². The molecule has 1 N–H and O–H groups in total. The Morgan fingerprint density at radius 3 is 2.82 bits per heavy atom. The number of halogens is 1. The molecule has 0 heterocycles. The Morgan fingerprint density at radius 1 is 1.55 bits per heavy atom. The quantitative estimate of drug-likeness (QED) is 0.462. The summed E-state index contributed by atoms with van der Waals surface area (Å²) < 4.78 is 12.4. The summed E-state index contributed by atoms with van der Waals surface area (Å²) in [6, 6.07) is 3.67. The average Bonchev–Trinajstić information content (AvgIpc) is 2.04. The van der Waals surface area contributed by atoms with E-state index >= 15 is 0 Å². The van der Waals surface area contributed by atoms with Crippen molar-refractivity contribution in [1.29, 1.82) is 0 Å². The van der Waals surface area contributed by atoms with Crippen LogP contribution in [0.15, 0.2) is 18.2 Å². The highest BCUT2D eigenvalue weighted by atomic mass is 19.1. The molecule has 11 heavy (non-hydrogen) atoms. The van der Waals surface area contributed by atoms with Gasteiger partial charge in [0.05, 0.1) is 0 Å². The molecule has 0 unspecified atom stereocenters. The van der Waals surface area contributed by atoms with Crippen molar-refractivity contribution < 1.29 is 14.2 Å². The van der Waals surface area contributed by atoms with E-state index in [-0.39, 0.29) is 7.48 Å². The Balaban J connectivity index is 3.16. The van der Waals surface area contributed by atoms with Crippen LogP contribution in [0.2, 0.25) is 0 Å². The molecule has 0 aliphatic heterocycles. The molecule has 1 aromatic carbocycles. The van der Waals surface area contributed by atoms with Gasteiger partial charge in [-0.25, -0.2) is 4.39 Å². The second kappa shape index (κ2) is 3.30. The monoisotopic (exact) mass is 152 g/mol. The van der Waals surface area contributed by atoms with Crippen LogP contribution in [0.5, 0.6) is 0 Å². The summed E-state index contributed by atoms with van der Waals surface area (Å²) in [5.41, 5.74) is 0.647. The Labute approximate surface area is 63.9 Å². The van der Waals surface area contributed by atoms with Crippen molar-refractivity contribution in [2.24, 2.45) is 0 Å². The maximum atomic E-state index is 12.4. The van der Waals surface area contributed by atoms with Gasteiger partial charge < -0.3 is 5.02 Å². The molecular weight excluding hydrogens is 146 g/mol. The van der Waals surface area contributed by atoms with Crippen LogP contribution in [0.25, 0.3) is 0 Å². The number of carbonyl (C=O) groups is 1. The van der Waals surface area contributed by atoms with Crippen molar-refractivity contribution in [3.05, 3.63) is 29.6 Å². The van der Waals surface area contributed by atoms with Gasteiger partial charge >= 0.3 is 7.48 Å². The first-order chi connectivity index (χ1) is 5.27. The molecule has 0 aliphatic carbocycles. The maximum Gasteiger partial charge on any atom is 0.305 e. The van der Waals surface area contributed by atoms with Gasteiger partial charge in [0, 0.05) is 5.56 Å². The molecule has 0 amide bonds. The average molecular weight is 152 g/mol. The minimum Gasteiger partial charge on any atom is -0.449 e. The van der Waals surface area contributed by atoms with Gasteiger partial charge in [0.15, 0.2) is 0 Å². The second-order valence-electron chi connectivity index (χ2n) is 2.12. The first-order valence-corrected chi connectivity index (χ1v) is 3.12. The zero-order chi connectivity index (χ0) is 8.27. The van der Waals surface area contributed by atoms with Crippen molar-refractivity contribution in [1.82, 2.24) is 0 Å². The summed E-state index contributed by atoms with van der Waals surface area (Å²) in [7, 11) is -0.314. The van der Waals surface area contributed by atoms with Gasteiger partial charge in [0.1, 0.15) is 12.1 Å². The number of rotatable bonds is 2. The molecule has 0 aliphatic rings. The number of benzene rings is 1. The third-order valence-electron chi connectivity index (χ3n) is 1.40. The van der Waals surface area contributed by atoms with E-state index in [1.807, 2.05) is 0 Å². The van der Waals surface area contributed by atoms with Gasteiger partial charge in [-0.15, -0.1) is 0 Å². The zero-order valence-corrected chi connectivity index (χ0v) is 5.75. The Morgan fingerprint density at radius 2 is 2.27 bits per heavy atom. The van der Waals surface area contributed by atoms with Crippen LogP contribution in [0.1, 0.15) is 10.4 Å². The van der Waals surface area contributed by atoms with E-state index in [0.29, 0.717) is 17.3 Å². The van der Waals surface area contributed by atoms with Crippen molar-refractivity contribution >= 4 is 19.2 Å². The zero-order valence-electron chi connectivity index (χ0n) is 5.75. The molecule has 0 atom stereocenters. The maximum absolute atomic E-state index is 12.4. The first kappa shape index (κ1) is 7.95. The summed E-state index contributed by atoms with van der Waals surface area (Å²) >= 11 is 0. The third-order valence-corrected chi connectivity index (χ3v) is 1.40. The van der Waals surface area contributed by atoms with Gasteiger partial charge in [-0.2, -0.15) is 0 Å². The van der Waals surface area contributed by atoms with Gasteiger partial charge in [-0.3, -0.25) is 4.79 Å². The van der Waals surface area contributed by atoms with Crippen LogP contribution in [0.3, 0.4) is 0 Å². The van der Waals surface area contributed by atoms with E-state index in [1.165, 1.54) is 12.1 Å². The molecule has 0 fully saturated rings. The number of hydrogen-bond donors (Lipinski definition) is 1. The fraction of sp³-hybridized carbons (Fsp3) is 0. The SMILES string of the molecule is O=Cc1ccc(F)cc1BO. The van der Waals surface area contributed by atoms with Gasteiger partial charge in [0.2, 0.25) is 0 Å². The lowest BCUT2D eigenvalue weighted by molar-refractivity contribution is 0.112. The van der Waals surface area contributed by atoms with Crippen molar-refractivity contribution in [2.45, 2.75) is 0 Å². The third kappa shape index (κ3) is 1.65. The minimum absolute atomic E-state index is 0.314. The molecule has 0 spiro atoms. The fourth-order valence-corrected chi connectivity index (χ4v) is 0.826. The van der Waals surface area contributed by atoms with E-state index < -0.39 is 5.82 Å². The molecule has 4 heteroatoms. The van der Waals surface area contributed by atoms with Crippen LogP contribution < -0.4 is 5.46 Å². The van der Waals surface area contributed by atoms with Crippen molar-refractivity contribution in [3.63, 3.8) is 0 Å².